The Balaban J connectivity index is 1.93. The summed E-state index contributed by atoms with van der Waals surface area (Å²) < 4.78 is 23.6. The maximum absolute atomic E-state index is 11.8. The van der Waals surface area contributed by atoms with E-state index in [0.29, 0.717) is 17.5 Å². The monoisotopic (exact) mass is 308 g/mol. The van der Waals surface area contributed by atoms with Crippen molar-refractivity contribution < 1.29 is 8.42 Å². The SMILES string of the molecule is CCNC1CCCN(C2CCS(=O)(=O)C2)c2ccccc21. The molecule has 4 nitrogen and oxygen atoms in total. The predicted octanol–water partition coefficient (Wildman–Crippen LogP) is 2.12. The number of nitrogens with zero attached hydrogens (tertiary/aromatic N) is 1. The van der Waals surface area contributed by atoms with E-state index in [4.69, 9.17) is 0 Å². The van der Waals surface area contributed by atoms with Crippen LogP contribution in [0.1, 0.15) is 37.8 Å². The molecule has 1 aromatic rings. The van der Waals surface area contributed by atoms with Crippen molar-refractivity contribution in [3.8, 4) is 0 Å². The first-order valence-corrected chi connectivity index (χ1v) is 9.72. The lowest BCUT2D eigenvalue weighted by atomic mass is 10.0. The van der Waals surface area contributed by atoms with Gasteiger partial charge in [0.2, 0.25) is 0 Å². The molecule has 2 aliphatic rings. The summed E-state index contributed by atoms with van der Waals surface area (Å²) in [5.74, 6) is 0.653. The molecule has 1 aromatic carbocycles. The van der Waals surface area contributed by atoms with Gasteiger partial charge >= 0.3 is 0 Å². The zero-order chi connectivity index (χ0) is 14.9. The van der Waals surface area contributed by atoms with Crippen LogP contribution in [0.2, 0.25) is 0 Å². The lowest BCUT2D eigenvalue weighted by Gasteiger charge is -2.31. The van der Waals surface area contributed by atoms with Crippen LogP contribution in [-0.2, 0) is 9.84 Å². The highest BCUT2D eigenvalue weighted by molar-refractivity contribution is 7.91. The maximum atomic E-state index is 11.8. The molecule has 1 N–H and O–H groups in total. The molecule has 2 aliphatic heterocycles. The zero-order valence-corrected chi connectivity index (χ0v) is 13.4. The van der Waals surface area contributed by atoms with E-state index in [-0.39, 0.29) is 6.04 Å². The van der Waals surface area contributed by atoms with Gasteiger partial charge in [0.15, 0.2) is 9.84 Å². The summed E-state index contributed by atoms with van der Waals surface area (Å²) in [4.78, 5) is 2.34. The quantitative estimate of drug-likeness (QED) is 0.929. The number of sulfone groups is 1. The first kappa shape index (κ1) is 14.9. The minimum Gasteiger partial charge on any atom is -0.367 e. The smallest absolute Gasteiger partial charge is 0.152 e. The van der Waals surface area contributed by atoms with Crippen LogP contribution in [0.15, 0.2) is 24.3 Å². The number of anilines is 1. The molecule has 1 fully saturated rings. The van der Waals surface area contributed by atoms with E-state index < -0.39 is 9.84 Å². The second kappa shape index (κ2) is 5.97. The van der Waals surface area contributed by atoms with Crippen LogP contribution in [0.25, 0.3) is 0 Å². The summed E-state index contributed by atoms with van der Waals surface area (Å²) in [6.45, 7) is 4.05. The van der Waals surface area contributed by atoms with Crippen molar-refractivity contribution in [2.45, 2.75) is 38.3 Å². The minimum absolute atomic E-state index is 0.150. The van der Waals surface area contributed by atoms with Gasteiger partial charge in [0.25, 0.3) is 0 Å². The molecule has 0 radical (unpaired) electrons. The average Bonchev–Trinajstić information content (AvgIpc) is 2.72. The van der Waals surface area contributed by atoms with Crippen LogP contribution in [0, 0.1) is 0 Å². The Kier molecular flexibility index (Phi) is 4.22. The van der Waals surface area contributed by atoms with E-state index in [1.165, 1.54) is 11.3 Å². The fourth-order valence-electron chi connectivity index (χ4n) is 3.64. The number of fused-ring (bicyclic) bond motifs is 1. The van der Waals surface area contributed by atoms with Crippen molar-refractivity contribution >= 4 is 15.5 Å². The predicted molar refractivity (Wildman–Crippen MR) is 86.5 cm³/mol. The minimum atomic E-state index is -2.84. The van der Waals surface area contributed by atoms with Crippen LogP contribution in [0.4, 0.5) is 5.69 Å². The van der Waals surface area contributed by atoms with Gasteiger partial charge in [0, 0.05) is 24.3 Å². The van der Waals surface area contributed by atoms with Gasteiger partial charge in [-0.25, -0.2) is 8.42 Å². The van der Waals surface area contributed by atoms with Gasteiger partial charge in [-0.15, -0.1) is 0 Å². The Morgan fingerprint density at radius 2 is 2.10 bits per heavy atom. The molecule has 21 heavy (non-hydrogen) atoms. The van der Waals surface area contributed by atoms with Crippen LogP contribution in [-0.4, -0.2) is 39.1 Å². The van der Waals surface area contributed by atoms with Crippen molar-refractivity contribution in [3.63, 3.8) is 0 Å². The van der Waals surface area contributed by atoms with Crippen molar-refractivity contribution in [2.75, 3.05) is 29.5 Å². The standard InChI is InChI=1S/C16H24N2O2S/c1-2-17-15-7-5-10-18(13-9-11-21(19,20)12-13)16-8-4-3-6-14(15)16/h3-4,6,8,13,15,17H,2,5,7,9-12H2,1H3. The lowest BCUT2D eigenvalue weighted by Crippen LogP contribution is -2.37. The Morgan fingerprint density at radius 3 is 2.81 bits per heavy atom. The highest BCUT2D eigenvalue weighted by atomic mass is 32.2. The molecule has 0 aromatic heterocycles. The lowest BCUT2D eigenvalue weighted by molar-refractivity contribution is 0.507. The summed E-state index contributed by atoms with van der Waals surface area (Å²) in [6, 6.07) is 9.01. The van der Waals surface area contributed by atoms with Gasteiger partial charge in [-0.05, 0) is 37.4 Å². The molecule has 0 saturated carbocycles. The number of hydrogen-bond donors (Lipinski definition) is 1. The molecular weight excluding hydrogens is 284 g/mol. The van der Waals surface area contributed by atoms with E-state index in [0.717, 1.165) is 32.4 Å². The molecule has 2 unspecified atom stereocenters. The molecule has 2 heterocycles. The summed E-state index contributed by atoms with van der Waals surface area (Å²) >= 11 is 0. The van der Waals surface area contributed by atoms with Gasteiger partial charge < -0.3 is 10.2 Å². The Hall–Kier alpha value is -1.07. The highest BCUT2D eigenvalue weighted by Crippen LogP contribution is 2.35. The molecule has 3 rings (SSSR count). The molecular formula is C16H24N2O2S. The van der Waals surface area contributed by atoms with Crippen LogP contribution < -0.4 is 10.2 Å². The van der Waals surface area contributed by atoms with Crippen molar-refractivity contribution in [2.24, 2.45) is 0 Å². The van der Waals surface area contributed by atoms with Crippen LogP contribution in [0.3, 0.4) is 0 Å². The summed E-state index contributed by atoms with van der Waals surface area (Å²) in [5, 5.41) is 3.56. The fourth-order valence-corrected chi connectivity index (χ4v) is 5.38. The summed E-state index contributed by atoms with van der Waals surface area (Å²) in [7, 11) is -2.84. The van der Waals surface area contributed by atoms with Gasteiger partial charge in [-0.1, -0.05) is 25.1 Å². The van der Waals surface area contributed by atoms with E-state index in [2.05, 4.69) is 41.4 Å². The van der Waals surface area contributed by atoms with Crippen molar-refractivity contribution in [1.29, 1.82) is 0 Å². The number of para-hydroxylation sites is 1. The largest absolute Gasteiger partial charge is 0.367 e. The van der Waals surface area contributed by atoms with E-state index >= 15 is 0 Å². The van der Waals surface area contributed by atoms with Gasteiger partial charge in [-0.3, -0.25) is 0 Å². The molecule has 116 valence electrons. The molecule has 2 atom stereocenters. The molecule has 0 spiro atoms. The van der Waals surface area contributed by atoms with Crippen molar-refractivity contribution in [1.82, 2.24) is 5.32 Å². The van der Waals surface area contributed by atoms with Gasteiger partial charge in [0.1, 0.15) is 0 Å². The molecule has 5 heteroatoms. The average molecular weight is 308 g/mol. The second-order valence-corrected chi connectivity index (χ2v) is 8.29. The third-order valence-electron chi connectivity index (χ3n) is 4.61. The number of benzene rings is 1. The van der Waals surface area contributed by atoms with Crippen LogP contribution in [0.5, 0.6) is 0 Å². The normalized spacial score (nSPS) is 28.1. The third kappa shape index (κ3) is 3.09. The van der Waals surface area contributed by atoms with Gasteiger partial charge in [0.05, 0.1) is 11.5 Å². The van der Waals surface area contributed by atoms with E-state index in [9.17, 15) is 8.42 Å². The summed E-state index contributed by atoms with van der Waals surface area (Å²) in [5.41, 5.74) is 2.55. The molecule has 0 amide bonds. The second-order valence-electron chi connectivity index (χ2n) is 6.06. The van der Waals surface area contributed by atoms with E-state index in [1.54, 1.807) is 0 Å². The first-order valence-electron chi connectivity index (χ1n) is 7.90. The number of rotatable bonds is 3. The van der Waals surface area contributed by atoms with Crippen molar-refractivity contribution in [3.05, 3.63) is 29.8 Å². The Bertz CT molecular complexity index is 600. The van der Waals surface area contributed by atoms with Crippen LogP contribution >= 0.6 is 0 Å². The zero-order valence-electron chi connectivity index (χ0n) is 12.6. The molecule has 0 bridgehead atoms. The Morgan fingerprint density at radius 1 is 1.29 bits per heavy atom. The maximum Gasteiger partial charge on any atom is 0.152 e. The number of hydrogen-bond acceptors (Lipinski definition) is 4. The molecule has 0 aliphatic carbocycles. The van der Waals surface area contributed by atoms with Gasteiger partial charge in [-0.2, -0.15) is 0 Å². The summed E-state index contributed by atoms with van der Waals surface area (Å²) in [6.07, 6.45) is 2.98. The fraction of sp³-hybridized carbons (Fsp3) is 0.625. The Labute approximate surface area is 127 Å². The first-order chi connectivity index (χ1) is 10.1. The number of nitrogens with one attached hydrogen (secondary N) is 1. The third-order valence-corrected chi connectivity index (χ3v) is 6.36. The topological polar surface area (TPSA) is 49.4 Å². The van der Waals surface area contributed by atoms with E-state index in [1.807, 2.05) is 0 Å². The highest BCUT2D eigenvalue weighted by Gasteiger charge is 2.34. The molecule has 1 saturated heterocycles.